The Bertz CT molecular complexity index is 555. The maximum Gasteiger partial charge on any atom is 0.148 e. The summed E-state index contributed by atoms with van der Waals surface area (Å²) in [7, 11) is 1.89. The van der Waals surface area contributed by atoms with Crippen molar-refractivity contribution in [1.29, 1.82) is 0 Å². The van der Waals surface area contributed by atoms with Gasteiger partial charge in [-0.1, -0.05) is 13.8 Å². The molecular formula is C13H20ClN5. The van der Waals surface area contributed by atoms with E-state index >= 15 is 0 Å². The Morgan fingerprint density at radius 3 is 2.53 bits per heavy atom. The highest BCUT2D eigenvalue weighted by Gasteiger charge is 2.19. The van der Waals surface area contributed by atoms with E-state index in [0.717, 1.165) is 24.4 Å². The second kappa shape index (κ2) is 5.74. The van der Waals surface area contributed by atoms with Crippen LogP contribution in [0.5, 0.6) is 0 Å². The predicted molar refractivity (Wildman–Crippen MR) is 75.4 cm³/mol. The normalized spacial score (nSPS) is 12.9. The first-order valence-electron chi connectivity index (χ1n) is 6.63. The molecule has 0 saturated carbocycles. The average molecular weight is 282 g/mol. The maximum absolute atomic E-state index is 6.31. The Morgan fingerprint density at radius 2 is 2.05 bits per heavy atom. The molecule has 104 valence electrons. The van der Waals surface area contributed by atoms with Crippen molar-refractivity contribution >= 4 is 11.6 Å². The van der Waals surface area contributed by atoms with Crippen LogP contribution in [0.2, 0.25) is 0 Å². The van der Waals surface area contributed by atoms with Gasteiger partial charge in [-0.3, -0.25) is 9.36 Å². The molecule has 2 rings (SSSR count). The number of rotatable bonds is 5. The summed E-state index contributed by atoms with van der Waals surface area (Å²) < 4.78 is 3.79. The second-order valence-electron chi connectivity index (χ2n) is 4.59. The number of hydrogen-bond donors (Lipinski definition) is 0. The van der Waals surface area contributed by atoms with Gasteiger partial charge in [-0.05, 0) is 19.8 Å². The zero-order valence-corrected chi connectivity index (χ0v) is 12.6. The Labute approximate surface area is 118 Å². The first-order valence-corrected chi connectivity index (χ1v) is 7.07. The van der Waals surface area contributed by atoms with Gasteiger partial charge in [0.25, 0.3) is 0 Å². The third-order valence-electron chi connectivity index (χ3n) is 3.34. The minimum atomic E-state index is -0.0156. The van der Waals surface area contributed by atoms with E-state index in [1.807, 2.05) is 18.7 Å². The van der Waals surface area contributed by atoms with E-state index in [9.17, 15) is 0 Å². The molecule has 2 aromatic rings. The quantitative estimate of drug-likeness (QED) is 0.791. The van der Waals surface area contributed by atoms with Crippen LogP contribution >= 0.6 is 11.6 Å². The van der Waals surface area contributed by atoms with E-state index in [1.54, 1.807) is 11.0 Å². The lowest BCUT2D eigenvalue weighted by Crippen LogP contribution is -2.11. The fraction of sp³-hybridized carbons (Fsp3) is 0.615. The molecule has 0 aliphatic carbocycles. The molecule has 1 unspecified atom stereocenters. The van der Waals surface area contributed by atoms with E-state index in [-0.39, 0.29) is 5.38 Å². The van der Waals surface area contributed by atoms with Gasteiger partial charge >= 0.3 is 0 Å². The summed E-state index contributed by atoms with van der Waals surface area (Å²) in [5, 5.41) is 8.76. The molecule has 19 heavy (non-hydrogen) atoms. The van der Waals surface area contributed by atoms with Crippen LogP contribution in [-0.4, -0.2) is 24.5 Å². The molecule has 1 atom stereocenters. The summed E-state index contributed by atoms with van der Waals surface area (Å²) in [4.78, 5) is 4.25. The molecule has 0 bridgehead atoms. The van der Waals surface area contributed by atoms with Crippen LogP contribution in [0, 0.1) is 0 Å². The van der Waals surface area contributed by atoms with Crippen molar-refractivity contribution in [2.45, 2.75) is 45.5 Å². The van der Waals surface area contributed by atoms with Crippen LogP contribution in [0.15, 0.2) is 6.33 Å². The molecule has 0 spiro atoms. The molecule has 0 aliphatic rings. The van der Waals surface area contributed by atoms with Gasteiger partial charge in [0.2, 0.25) is 0 Å². The van der Waals surface area contributed by atoms with Gasteiger partial charge in [0.15, 0.2) is 0 Å². The fourth-order valence-electron chi connectivity index (χ4n) is 2.39. The minimum absolute atomic E-state index is 0.0156. The molecule has 0 fully saturated rings. The average Bonchev–Trinajstić information content (AvgIpc) is 2.93. The van der Waals surface area contributed by atoms with Crippen molar-refractivity contribution in [2.24, 2.45) is 7.05 Å². The van der Waals surface area contributed by atoms with Gasteiger partial charge < -0.3 is 0 Å². The molecule has 0 aliphatic heterocycles. The van der Waals surface area contributed by atoms with E-state index in [1.165, 1.54) is 11.3 Å². The standard InChI is InChI=1S/C13H20ClN5/c1-5-10-13(9(3)14)11(6-2)19(17-10)7-12-15-8-16-18(12)4/h8-9H,5-7H2,1-4H3. The zero-order chi connectivity index (χ0) is 14.0. The van der Waals surface area contributed by atoms with Crippen LogP contribution < -0.4 is 0 Å². The molecule has 6 heteroatoms. The molecule has 2 heterocycles. The van der Waals surface area contributed by atoms with Gasteiger partial charge in [0.05, 0.1) is 11.1 Å². The summed E-state index contributed by atoms with van der Waals surface area (Å²) in [6.45, 7) is 6.88. The monoisotopic (exact) mass is 281 g/mol. The molecular weight excluding hydrogens is 262 g/mol. The molecule has 0 amide bonds. The molecule has 2 aromatic heterocycles. The highest BCUT2D eigenvalue weighted by atomic mass is 35.5. The Balaban J connectivity index is 2.43. The van der Waals surface area contributed by atoms with Crippen molar-refractivity contribution in [3.8, 4) is 0 Å². The molecule has 0 aromatic carbocycles. The second-order valence-corrected chi connectivity index (χ2v) is 5.24. The summed E-state index contributed by atoms with van der Waals surface area (Å²) in [6.07, 6.45) is 3.37. The van der Waals surface area contributed by atoms with Crippen molar-refractivity contribution < 1.29 is 0 Å². The number of nitrogens with zero attached hydrogens (tertiary/aromatic N) is 5. The van der Waals surface area contributed by atoms with Gasteiger partial charge in [0.1, 0.15) is 18.7 Å². The third-order valence-corrected chi connectivity index (χ3v) is 3.56. The minimum Gasteiger partial charge on any atom is -0.261 e. The highest BCUT2D eigenvalue weighted by molar-refractivity contribution is 6.20. The van der Waals surface area contributed by atoms with Gasteiger partial charge in [-0.25, -0.2) is 4.98 Å². The lowest BCUT2D eigenvalue weighted by molar-refractivity contribution is 0.582. The molecule has 0 N–H and O–H groups in total. The van der Waals surface area contributed by atoms with Gasteiger partial charge in [0, 0.05) is 18.3 Å². The summed E-state index contributed by atoms with van der Waals surface area (Å²) in [5.41, 5.74) is 3.46. The van der Waals surface area contributed by atoms with Crippen LogP contribution in [0.25, 0.3) is 0 Å². The molecule has 0 radical (unpaired) electrons. The van der Waals surface area contributed by atoms with E-state index in [2.05, 4.69) is 29.0 Å². The van der Waals surface area contributed by atoms with E-state index in [4.69, 9.17) is 11.6 Å². The van der Waals surface area contributed by atoms with Crippen molar-refractivity contribution in [1.82, 2.24) is 24.5 Å². The first kappa shape index (κ1) is 14.1. The van der Waals surface area contributed by atoms with Gasteiger partial charge in [-0.2, -0.15) is 10.2 Å². The lowest BCUT2D eigenvalue weighted by atomic mass is 10.1. The fourth-order valence-corrected chi connectivity index (χ4v) is 2.64. The third kappa shape index (κ3) is 2.66. The Hall–Kier alpha value is -1.36. The largest absolute Gasteiger partial charge is 0.261 e. The number of hydrogen-bond acceptors (Lipinski definition) is 3. The predicted octanol–water partition coefficient (Wildman–Crippen LogP) is 2.48. The number of aryl methyl sites for hydroxylation is 2. The number of alkyl halides is 1. The van der Waals surface area contributed by atoms with Crippen LogP contribution in [0.4, 0.5) is 0 Å². The first-order chi connectivity index (χ1) is 9.08. The summed E-state index contributed by atoms with van der Waals surface area (Å²) in [5.74, 6) is 0.897. The van der Waals surface area contributed by atoms with E-state index < -0.39 is 0 Å². The van der Waals surface area contributed by atoms with E-state index in [0.29, 0.717) is 6.54 Å². The van der Waals surface area contributed by atoms with Crippen LogP contribution in [0.3, 0.4) is 0 Å². The van der Waals surface area contributed by atoms with Crippen LogP contribution in [-0.2, 0) is 26.4 Å². The van der Waals surface area contributed by atoms with Crippen molar-refractivity contribution in [3.63, 3.8) is 0 Å². The number of aromatic nitrogens is 5. The SMILES string of the molecule is CCc1nn(Cc2ncnn2C)c(CC)c1C(C)Cl. The Morgan fingerprint density at radius 1 is 1.32 bits per heavy atom. The van der Waals surface area contributed by atoms with Crippen molar-refractivity contribution in [3.05, 3.63) is 29.1 Å². The summed E-state index contributed by atoms with van der Waals surface area (Å²) >= 11 is 6.31. The Kier molecular flexibility index (Phi) is 4.24. The smallest absolute Gasteiger partial charge is 0.148 e. The number of halogens is 1. The topological polar surface area (TPSA) is 48.5 Å². The van der Waals surface area contributed by atoms with Crippen LogP contribution in [0.1, 0.15) is 48.9 Å². The summed E-state index contributed by atoms with van der Waals surface area (Å²) in [6, 6.07) is 0. The zero-order valence-electron chi connectivity index (χ0n) is 11.9. The molecule has 5 nitrogen and oxygen atoms in total. The maximum atomic E-state index is 6.31. The van der Waals surface area contributed by atoms with Gasteiger partial charge in [-0.15, -0.1) is 11.6 Å². The van der Waals surface area contributed by atoms with Crippen molar-refractivity contribution in [2.75, 3.05) is 0 Å². The molecule has 0 saturated heterocycles. The lowest BCUT2D eigenvalue weighted by Gasteiger charge is -2.08. The highest BCUT2D eigenvalue weighted by Crippen LogP contribution is 2.28.